The Bertz CT molecular complexity index is 973. The molecule has 2 aromatic heterocycles. The monoisotopic (exact) mass is 396 g/mol. The molecule has 1 aromatic carbocycles. The molecule has 1 aliphatic heterocycles. The van der Waals surface area contributed by atoms with Gasteiger partial charge in [0.2, 0.25) is 5.91 Å². The number of urea groups is 1. The molecule has 0 bridgehead atoms. The van der Waals surface area contributed by atoms with Gasteiger partial charge >= 0.3 is 6.03 Å². The number of rotatable bonds is 6. The molecule has 3 heterocycles. The standard InChI is InChI=1S/C19H16N4O4S/c24-16(22-18-20-8-10-28-18)13(11-12-5-2-1-3-6-12)23-17(25)15(21-19(23)26)14-7-4-9-27-14/h1-10,13,15H,11H2,(H,21,26)(H,20,22,24)/t13-,15?/m0/s1. The predicted octanol–water partition coefficient (Wildman–Crippen LogP) is 2.58. The lowest BCUT2D eigenvalue weighted by Crippen LogP contribution is -2.49. The minimum atomic E-state index is -1.03. The lowest BCUT2D eigenvalue weighted by Gasteiger charge is -2.24. The maximum Gasteiger partial charge on any atom is 0.325 e. The summed E-state index contributed by atoms with van der Waals surface area (Å²) in [7, 11) is 0. The van der Waals surface area contributed by atoms with E-state index in [4.69, 9.17) is 4.42 Å². The fourth-order valence-electron chi connectivity index (χ4n) is 3.05. The van der Waals surface area contributed by atoms with Crippen molar-refractivity contribution in [2.45, 2.75) is 18.5 Å². The van der Waals surface area contributed by atoms with E-state index in [1.54, 1.807) is 23.7 Å². The minimum absolute atomic E-state index is 0.183. The average molecular weight is 396 g/mol. The molecule has 8 nitrogen and oxygen atoms in total. The van der Waals surface area contributed by atoms with Gasteiger partial charge < -0.3 is 15.1 Å². The minimum Gasteiger partial charge on any atom is -0.467 e. The highest BCUT2D eigenvalue weighted by Crippen LogP contribution is 2.26. The molecule has 3 aromatic rings. The first-order chi connectivity index (χ1) is 13.6. The zero-order valence-electron chi connectivity index (χ0n) is 14.6. The average Bonchev–Trinajstić information content (AvgIpc) is 3.44. The maximum absolute atomic E-state index is 12.9. The van der Waals surface area contributed by atoms with Crippen LogP contribution in [-0.2, 0) is 16.0 Å². The van der Waals surface area contributed by atoms with E-state index in [9.17, 15) is 14.4 Å². The molecule has 1 aliphatic rings. The third-order valence-corrected chi connectivity index (χ3v) is 5.04. The van der Waals surface area contributed by atoms with Crippen molar-refractivity contribution in [2.24, 2.45) is 0 Å². The van der Waals surface area contributed by atoms with Crippen molar-refractivity contribution < 1.29 is 18.8 Å². The van der Waals surface area contributed by atoms with E-state index in [2.05, 4.69) is 15.6 Å². The van der Waals surface area contributed by atoms with E-state index >= 15 is 0 Å². The van der Waals surface area contributed by atoms with Crippen LogP contribution in [-0.4, -0.2) is 33.8 Å². The Labute approximate surface area is 164 Å². The van der Waals surface area contributed by atoms with Gasteiger partial charge in [-0.2, -0.15) is 0 Å². The lowest BCUT2D eigenvalue weighted by atomic mass is 10.0. The van der Waals surface area contributed by atoms with E-state index < -0.39 is 29.9 Å². The Morgan fingerprint density at radius 3 is 2.75 bits per heavy atom. The number of amides is 4. The summed E-state index contributed by atoms with van der Waals surface area (Å²) in [5.74, 6) is -0.697. The Kier molecular flexibility index (Phi) is 4.90. The molecule has 4 amide bonds. The Morgan fingerprint density at radius 2 is 2.07 bits per heavy atom. The molecule has 4 rings (SSSR count). The number of carbonyl (C=O) groups excluding carboxylic acids is 3. The van der Waals surface area contributed by atoms with Gasteiger partial charge in [-0.3, -0.25) is 9.59 Å². The number of aromatic nitrogens is 1. The highest BCUT2D eigenvalue weighted by atomic mass is 32.1. The van der Waals surface area contributed by atoms with Crippen LogP contribution in [0.2, 0.25) is 0 Å². The molecule has 9 heteroatoms. The number of carbonyl (C=O) groups is 3. The fourth-order valence-corrected chi connectivity index (χ4v) is 3.58. The number of benzene rings is 1. The summed E-state index contributed by atoms with van der Waals surface area (Å²) in [6, 6.07) is 9.83. The molecular formula is C19H16N4O4S. The highest BCUT2D eigenvalue weighted by molar-refractivity contribution is 7.13. The van der Waals surface area contributed by atoms with Gasteiger partial charge in [-0.25, -0.2) is 14.7 Å². The Balaban J connectivity index is 1.63. The van der Waals surface area contributed by atoms with Crippen LogP contribution in [0, 0.1) is 0 Å². The third kappa shape index (κ3) is 3.52. The molecule has 1 fully saturated rings. The first-order valence-corrected chi connectivity index (χ1v) is 9.42. The van der Waals surface area contributed by atoms with Crippen molar-refractivity contribution in [1.29, 1.82) is 0 Å². The van der Waals surface area contributed by atoms with Gasteiger partial charge in [-0.05, 0) is 17.7 Å². The normalized spacial score (nSPS) is 17.4. The van der Waals surface area contributed by atoms with Crippen molar-refractivity contribution >= 4 is 34.3 Å². The van der Waals surface area contributed by atoms with Crippen LogP contribution in [0.25, 0.3) is 0 Å². The summed E-state index contributed by atoms with van der Waals surface area (Å²) in [6.07, 6.45) is 3.17. The molecule has 28 heavy (non-hydrogen) atoms. The van der Waals surface area contributed by atoms with Gasteiger partial charge in [-0.1, -0.05) is 30.3 Å². The second-order valence-corrected chi connectivity index (χ2v) is 7.03. The molecule has 0 aliphatic carbocycles. The van der Waals surface area contributed by atoms with Gasteiger partial charge in [0.05, 0.1) is 6.26 Å². The zero-order chi connectivity index (χ0) is 19.5. The highest BCUT2D eigenvalue weighted by Gasteiger charge is 2.46. The number of furan rings is 1. The quantitative estimate of drug-likeness (QED) is 0.623. The second kappa shape index (κ2) is 7.65. The first kappa shape index (κ1) is 17.9. The van der Waals surface area contributed by atoms with Crippen molar-refractivity contribution in [1.82, 2.24) is 15.2 Å². The van der Waals surface area contributed by atoms with Crippen LogP contribution >= 0.6 is 11.3 Å². The number of anilines is 1. The number of thiazole rings is 1. The van der Waals surface area contributed by atoms with Crippen molar-refractivity contribution in [2.75, 3.05) is 5.32 Å². The molecule has 0 saturated carbocycles. The van der Waals surface area contributed by atoms with Gasteiger partial charge in [0.15, 0.2) is 11.2 Å². The van der Waals surface area contributed by atoms with Crippen molar-refractivity contribution in [3.05, 3.63) is 71.6 Å². The smallest absolute Gasteiger partial charge is 0.325 e. The molecular weight excluding hydrogens is 380 g/mol. The van der Waals surface area contributed by atoms with E-state index in [0.717, 1.165) is 10.5 Å². The van der Waals surface area contributed by atoms with Crippen LogP contribution in [0.15, 0.2) is 64.7 Å². The van der Waals surface area contributed by atoms with Crippen LogP contribution in [0.5, 0.6) is 0 Å². The summed E-state index contributed by atoms with van der Waals surface area (Å²) in [6.45, 7) is 0. The number of nitrogens with one attached hydrogen (secondary N) is 2. The summed E-state index contributed by atoms with van der Waals surface area (Å²) in [5, 5.41) is 7.39. The van der Waals surface area contributed by atoms with E-state index in [1.807, 2.05) is 30.3 Å². The molecule has 142 valence electrons. The molecule has 2 atom stereocenters. The number of imide groups is 1. The summed E-state index contributed by atoms with van der Waals surface area (Å²) in [5.41, 5.74) is 0.823. The van der Waals surface area contributed by atoms with Crippen LogP contribution < -0.4 is 10.6 Å². The van der Waals surface area contributed by atoms with Crippen LogP contribution in [0.1, 0.15) is 17.4 Å². The summed E-state index contributed by atoms with van der Waals surface area (Å²) >= 11 is 1.26. The van der Waals surface area contributed by atoms with Crippen LogP contribution in [0.3, 0.4) is 0 Å². The van der Waals surface area contributed by atoms with Crippen molar-refractivity contribution in [3.8, 4) is 0 Å². The third-order valence-electron chi connectivity index (χ3n) is 4.35. The van der Waals surface area contributed by atoms with Gasteiger partial charge in [0, 0.05) is 18.0 Å². The van der Waals surface area contributed by atoms with Gasteiger partial charge in [-0.15, -0.1) is 11.3 Å². The summed E-state index contributed by atoms with van der Waals surface area (Å²) < 4.78 is 5.26. The Hall–Kier alpha value is -3.46. The molecule has 2 N–H and O–H groups in total. The maximum atomic E-state index is 12.9. The van der Waals surface area contributed by atoms with Crippen LogP contribution in [0.4, 0.5) is 9.93 Å². The fraction of sp³-hybridized carbons (Fsp3) is 0.158. The number of hydrogen-bond donors (Lipinski definition) is 2. The van der Waals surface area contributed by atoms with Crippen molar-refractivity contribution in [3.63, 3.8) is 0 Å². The van der Waals surface area contributed by atoms with E-state index in [-0.39, 0.29) is 6.42 Å². The predicted molar refractivity (Wildman–Crippen MR) is 102 cm³/mol. The topological polar surface area (TPSA) is 105 Å². The largest absolute Gasteiger partial charge is 0.467 e. The second-order valence-electron chi connectivity index (χ2n) is 6.14. The SMILES string of the molecule is O=C(Nc1nccs1)[C@H](Cc1ccccc1)N1C(=O)NC(c2ccco2)C1=O. The lowest BCUT2D eigenvalue weighted by molar-refractivity contribution is -0.134. The first-order valence-electron chi connectivity index (χ1n) is 8.55. The molecule has 1 unspecified atom stereocenters. The summed E-state index contributed by atoms with van der Waals surface area (Å²) in [4.78, 5) is 43.5. The number of hydrogen-bond acceptors (Lipinski definition) is 6. The van der Waals surface area contributed by atoms with E-state index in [1.165, 1.54) is 17.6 Å². The molecule has 0 spiro atoms. The van der Waals surface area contributed by atoms with E-state index in [0.29, 0.717) is 10.9 Å². The Morgan fingerprint density at radius 1 is 1.25 bits per heavy atom. The zero-order valence-corrected chi connectivity index (χ0v) is 15.4. The van der Waals surface area contributed by atoms with Gasteiger partial charge in [0.25, 0.3) is 5.91 Å². The molecule has 0 radical (unpaired) electrons. The van der Waals surface area contributed by atoms with Gasteiger partial charge in [0.1, 0.15) is 11.8 Å². The molecule has 1 saturated heterocycles. The number of nitrogens with zero attached hydrogens (tertiary/aromatic N) is 2.